The highest BCUT2D eigenvalue weighted by Crippen LogP contribution is 2.26. The third-order valence-electron chi connectivity index (χ3n) is 3.34. The fraction of sp³-hybridized carbons (Fsp3) is 0.0667. The van der Waals surface area contributed by atoms with Crippen molar-refractivity contribution in [3.8, 4) is 11.5 Å². The maximum atomic E-state index is 5.84. The minimum atomic E-state index is 0.190. The first-order valence-electron chi connectivity index (χ1n) is 6.72. The predicted octanol–water partition coefficient (Wildman–Crippen LogP) is 2.11. The van der Waals surface area contributed by atoms with Gasteiger partial charge in [-0.05, 0) is 29.8 Å². The first-order valence-corrected chi connectivity index (χ1v) is 6.72. The van der Waals surface area contributed by atoms with E-state index in [1.54, 1.807) is 31.1 Å². The summed E-state index contributed by atoms with van der Waals surface area (Å²) >= 11 is 0. The van der Waals surface area contributed by atoms with Gasteiger partial charge in [0, 0.05) is 12.4 Å². The Kier molecular flexibility index (Phi) is 2.82. The largest absolute Gasteiger partial charge is 0.463 e. The molecule has 0 aromatic carbocycles. The number of pyridine rings is 1. The van der Waals surface area contributed by atoms with Gasteiger partial charge in [-0.15, -0.1) is 0 Å². The minimum Gasteiger partial charge on any atom is -0.463 e. The van der Waals surface area contributed by atoms with E-state index in [-0.39, 0.29) is 5.95 Å². The van der Waals surface area contributed by atoms with Gasteiger partial charge in [0.15, 0.2) is 11.4 Å². The highest BCUT2D eigenvalue weighted by atomic mass is 16.3. The Hall–Kier alpha value is -3.22. The Balaban J connectivity index is 1.85. The van der Waals surface area contributed by atoms with Crippen LogP contribution in [-0.2, 0) is 6.54 Å². The van der Waals surface area contributed by atoms with E-state index in [1.165, 1.54) is 0 Å². The highest BCUT2D eigenvalue weighted by Gasteiger charge is 2.15. The smallest absolute Gasteiger partial charge is 0.222 e. The van der Waals surface area contributed by atoms with Gasteiger partial charge in [0.25, 0.3) is 0 Å². The van der Waals surface area contributed by atoms with E-state index in [9.17, 15) is 0 Å². The van der Waals surface area contributed by atoms with Crippen LogP contribution in [0, 0.1) is 0 Å². The normalized spacial score (nSPS) is 11.1. The molecule has 7 heteroatoms. The third kappa shape index (κ3) is 2.08. The number of imidazole rings is 1. The van der Waals surface area contributed by atoms with E-state index >= 15 is 0 Å². The van der Waals surface area contributed by atoms with Gasteiger partial charge >= 0.3 is 0 Å². The minimum absolute atomic E-state index is 0.190. The second-order valence-corrected chi connectivity index (χ2v) is 4.81. The molecule has 4 heterocycles. The average molecular weight is 292 g/mol. The summed E-state index contributed by atoms with van der Waals surface area (Å²) in [4.78, 5) is 17.0. The second kappa shape index (κ2) is 4.96. The van der Waals surface area contributed by atoms with Gasteiger partial charge in [0.2, 0.25) is 5.95 Å². The highest BCUT2D eigenvalue weighted by molar-refractivity contribution is 5.86. The molecular weight excluding hydrogens is 280 g/mol. The molecule has 4 rings (SSSR count). The molecule has 0 aliphatic carbocycles. The zero-order chi connectivity index (χ0) is 14.9. The van der Waals surface area contributed by atoms with Crippen molar-refractivity contribution in [1.29, 1.82) is 0 Å². The van der Waals surface area contributed by atoms with Crippen LogP contribution in [0.5, 0.6) is 0 Å². The van der Waals surface area contributed by atoms with E-state index in [1.807, 2.05) is 22.8 Å². The summed E-state index contributed by atoms with van der Waals surface area (Å²) < 4.78 is 7.33. The van der Waals surface area contributed by atoms with Gasteiger partial charge in [-0.1, -0.05) is 0 Å². The Morgan fingerprint density at radius 3 is 2.77 bits per heavy atom. The predicted molar refractivity (Wildman–Crippen MR) is 80.8 cm³/mol. The van der Waals surface area contributed by atoms with Crippen LogP contribution < -0.4 is 5.73 Å². The molecule has 0 amide bonds. The number of fused-ring (bicyclic) bond motifs is 1. The molecular formula is C15H12N6O. The number of nitrogens with two attached hydrogens (primary N) is 1. The van der Waals surface area contributed by atoms with Crippen molar-refractivity contribution in [2.75, 3.05) is 5.73 Å². The standard InChI is InChI=1S/C15H12N6O/c16-15-19-12(11-2-1-7-22-11)13-14(20-15)21(9-18-13)8-10-3-5-17-6-4-10/h1-7,9H,8H2,(H2,16,19,20). The quantitative estimate of drug-likeness (QED) is 0.621. The molecule has 2 N–H and O–H groups in total. The van der Waals surface area contributed by atoms with E-state index in [4.69, 9.17) is 10.2 Å². The van der Waals surface area contributed by atoms with Crippen molar-refractivity contribution in [1.82, 2.24) is 24.5 Å². The first kappa shape index (κ1) is 12.5. The molecule has 4 aromatic rings. The van der Waals surface area contributed by atoms with E-state index < -0.39 is 0 Å². The summed E-state index contributed by atoms with van der Waals surface area (Å²) in [5.41, 5.74) is 8.88. The summed E-state index contributed by atoms with van der Waals surface area (Å²) in [5.74, 6) is 0.809. The molecule has 0 aliphatic heterocycles. The Labute approximate surface area is 125 Å². The number of furan rings is 1. The van der Waals surface area contributed by atoms with Gasteiger partial charge < -0.3 is 14.7 Å². The molecule has 0 aliphatic rings. The zero-order valence-electron chi connectivity index (χ0n) is 11.5. The summed E-state index contributed by atoms with van der Waals surface area (Å²) in [7, 11) is 0. The Morgan fingerprint density at radius 1 is 1.14 bits per heavy atom. The number of hydrogen-bond acceptors (Lipinski definition) is 6. The van der Waals surface area contributed by atoms with Gasteiger partial charge in [-0.25, -0.2) is 9.97 Å². The Morgan fingerprint density at radius 2 is 2.00 bits per heavy atom. The monoisotopic (exact) mass is 292 g/mol. The molecule has 7 nitrogen and oxygen atoms in total. The number of hydrogen-bond donors (Lipinski definition) is 1. The van der Waals surface area contributed by atoms with Crippen LogP contribution in [0.1, 0.15) is 5.56 Å². The van der Waals surface area contributed by atoms with Crippen molar-refractivity contribution in [3.63, 3.8) is 0 Å². The van der Waals surface area contributed by atoms with Crippen LogP contribution >= 0.6 is 0 Å². The number of nitrogens with zero attached hydrogens (tertiary/aromatic N) is 5. The van der Waals surface area contributed by atoms with Crippen LogP contribution in [0.3, 0.4) is 0 Å². The van der Waals surface area contributed by atoms with Crippen molar-refractivity contribution in [3.05, 3.63) is 54.8 Å². The van der Waals surface area contributed by atoms with Gasteiger partial charge in [0.1, 0.15) is 11.2 Å². The van der Waals surface area contributed by atoms with Crippen molar-refractivity contribution >= 4 is 17.1 Å². The van der Waals surface area contributed by atoms with E-state index in [0.29, 0.717) is 29.2 Å². The SMILES string of the molecule is Nc1nc(-c2ccco2)c2ncn(Cc3ccncc3)c2n1. The molecule has 108 valence electrons. The van der Waals surface area contributed by atoms with Gasteiger partial charge in [-0.3, -0.25) is 4.98 Å². The number of anilines is 1. The molecule has 0 atom stereocenters. The molecule has 0 saturated carbocycles. The maximum absolute atomic E-state index is 5.84. The van der Waals surface area contributed by atoms with Crippen molar-refractivity contribution in [2.45, 2.75) is 6.54 Å². The van der Waals surface area contributed by atoms with Crippen molar-refractivity contribution < 1.29 is 4.42 Å². The lowest BCUT2D eigenvalue weighted by Crippen LogP contribution is -2.03. The van der Waals surface area contributed by atoms with Crippen LogP contribution in [0.15, 0.2) is 53.7 Å². The summed E-state index contributed by atoms with van der Waals surface area (Å²) in [6.07, 6.45) is 6.83. The number of aromatic nitrogens is 5. The molecule has 22 heavy (non-hydrogen) atoms. The maximum Gasteiger partial charge on any atom is 0.222 e. The average Bonchev–Trinajstić information content (AvgIpc) is 3.18. The molecule has 0 bridgehead atoms. The molecule has 0 fully saturated rings. The van der Waals surface area contributed by atoms with Gasteiger partial charge in [0.05, 0.1) is 19.1 Å². The third-order valence-corrected chi connectivity index (χ3v) is 3.34. The molecule has 0 saturated heterocycles. The molecule has 0 spiro atoms. The van der Waals surface area contributed by atoms with Crippen LogP contribution in [0.4, 0.5) is 5.95 Å². The first-order chi connectivity index (χ1) is 10.8. The van der Waals surface area contributed by atoms with Crippen LogP contribution in [0.2, 0.25) is 0 Å². The summed E-state index contributed by atoms with van der Waals surface area (Å²) in [6, 6.07) is 7.52. The fourth-order valence-corrected chi connectivity index (χ4v) is 2.35. The second-order valence-electron chi connectivity index (χ2n) is 4.81. The molecule has 0 unspecified atom stereocenters. The number of nitrogen functional groups attached to an aromatic ring is 1. The summed E-state index contributed by atoms with van der Waals surface area (Å²) in [6.45, 7) is 0.632. The molecule has 0 radical (unpaired) electrons. The van der Waals surface area contributed by atoms with Gasteiger partial charge in [-0.2, -0.15) is 4.98 Å². The topological polar surface area (TPSA) is 95.7 Å². The fourth-order valence-electron chi connectivity index (χ4n) is 2.35. The lowest BCUT2D eigenvalue weighted by atomic mass is 10.2. The lowest BCUT2D eigenvalue weighted by Gasteiger charge is -2.05. The van der Waals surface area contributed by atoms with Crippen LogP contribution in [-0.4, -0.2) is 24.5 Å². The molecule has 4 aromatic heterocycles. The van der Waals surface area contributed by atoms with E-state index in [0.717, 1.165) is 5.56 Å². The van der Waals surface area contributed by atoms with Crippen LogP contribution in [0.25, 0.3) is 22.6 Å². The van der Waals surface area contributed by atoms with E-state index in [2.05, 4.69) is 19.9 Å². The summed E-state index contributed by atoms with van der Waals surface area (Å²) in [5, 5.41) is 0. The Bertz CT molecular complexity index is 914. The number of rotatable bonds is 3. The van der Waals surface area contributed by atoms with Crippen molar-refractivity contribution in [2.24, 2.45) is 0 Å². The zero-order valence-corrected chi connectivity index (χ0v) is 11.5. The lowest BCUT2D eigenvalue weighted by molar-refractivity contribution is 0.580.